The molecule has 7 heteroatoms. The Labute approximate surface area is 218 Å². The van der Waals surface area contributed by atoms with Gasteiger partial charge in [0, 0.05) is 29.6 Å². The van der Waals surface area contributed by atoms with Crippen molar-refractivity contribution in [2.75, 3.05) is 0 Å². The van der Waals surface area contributed by atoms with Crippen LogP contribution in [-0.2, 0) is 37.0 Å². The minimum absolute atomic E-state index is 0.00397. The molecule has 5 rings (SSSR count). The third-order valence-corrected chi connectivity index (χ3v) is 7.88. The smallest absolute Gasteiger partial charge is 0.335 e. The van der Waals surface area contributed by atoms with E-state index < -0.39 is 11.9 Å². The number of benzene rings is 3. The second-order valence-electron chi connectivity index (χ2n) is 9.32. The van der Waals surface area contributed by atoms with Gasteiger partial charge in [-0.1, -0.05) is 42.0 Å². The molecule has 3 aromatic carbocycles. The van der Waals surface area contributed by atoms with Crippen LogP contribution >= 0.6 is 11.3 Å². The monoisotopic (exact) mass is 512 g/mol. The Balaban J connectivity index is 1.56. The van der Waals surface area contributed by atoms with Crippen LogP contribution in [0.25, 0.3) is 21.1 Å². The Morgan fingerprint density at radius 3 is 2.43 bits per heavy atom. The van der Waals surface area contributed by atoms with Crippen molar-refractivity contribution in [1.29, 1.82) is 0 Å². The number of hydrogen-bond acceptors (Lipinski definition) is 4. The second-order valence-corrected chi connectivity index (χ2v) is 10.4. The van der Waals surface area contributed by atoms with Crippen molar-refractivity contribution >= 4 is 44.4 Å². The molecule has 37 heavy (non-hydrogen) atoms. The van der Waals surface area contributed by atoms with E-state index in [0.29, 0.717) is 13.0 Å². The van der Waals surface area contributed by atoms with Gasteiger partial charge in [0.15, 0.2) is 0 Å². The number of aliphatic carboxylic acids is 1. The Kier molecular flexibility index (Phi) is 7.06. The van der Waals surface area contributed by atoms with Crippen molar-refractivity contribution in [3.05, 3.63) is 99.7 Å². The Morgan fingerprint density at radius 1 is 0.919 bits per heavy atom. The van der Waals surface area contributed by atoms with E-state index in [2.05, 4.69) is 41.8 Å². The van der Waals surface area contributed by atoms with E-state index in [4.69, 9.17) is 4.98 Å². The lowest BCUT2D eigenvalue weighted by Crippen LogP contribution is -2.10. The molecule has 0 unspecified atom stereocenters. The van der Waals surface area contributed by atoms with E-state index in [1.165, 1.54) is 11.1 Å². The van der Waals surface area contributed by atoms with Crippen molar-refractivity contribution in [1.82, 2.24) is 9.55 Å². The van der Waals surface area contributed by atoms with E-state index >= 15 is 0 Å². The SMILES string of the molecule is Cc1ccc(CCc2c(CCc3nc4ccccc4s3)n(CCC(=O)O)c3ccc(C(=O)O)cc23)cc1. The van der Waals surface area contributed by atoms with Gasteiger partial charge in [0.05, 0.1) is 27.2 Å². The number of nitrogens with zero attached hydrogens (tertiary/aromatic N) is 2. The molecule has 0 saturated carbocycles. The van der Waals surface area contributed by atoms with E-state index in [0.717, 1.165) is 56.6 Å². The summed E-state index contributed by atoms with van der Waals surface area (Å²) in [6.07, 6.45) is 2.96. The third kappa shape index (κ3) is 5.42. The number of rotatable bonds is 10. The Morgan fingerprint density at radius 2 is 1.70 bits per heavy atom. The molecule has 0 spiro atoms. The quantitative estimate of drug-likeness (QED) is 0.229. The van der Waals surface area contributed by atoms with Crippen molar-refractivity contribution in [2.45, 2.75) is 45.6 Å². The van der Waals surface area contributed by atoms with Gasteiger partial charge < -0.3 is 14.8 Å². The van der Waals surface area contributed by atoms with Gasteiger partial charge in [0.25, 0.3) is 0 Å². The zero-order valence-electron chi connectivity index (χ0n) is 20.6. The van der Waals surface area contributed by atoms with E-state index in [9.17, 15) is 19.8 Å². The average Bonchev–Trinajstić information content (AvgIpc) is 3.43. The summed E-state index contributed by atoms with van der Waals surface area (Å²) in [5.41, 5.74) is 6.66. The number of para-hydroxylation sites is 1. The number of carboxylic acids is 2. The molecule has 0 atom stereocenters. The van der Waals surface area contributed by atoms with Gasteiger partial charge in [-0.05, 0) is 67.6 Å². The maximum Gasteiger partial charge on any atom is 0.335 e. The van der Waals surface area contributed by atoms with Crippen LogP contribution in [0.1, 0.15) is 44.2 Å². The number of aromatic nitrogens is 2. The van der Waals surface area contributed by atoms with Gasteiger partial charge in [-0.15, -0.1) is 11.3 Å². The molecule has 0 aliphatic heterocycles. The summed E-state index contributed by atoms with van der Waals surface area (Å²) < 4.78 is 3.22. The normalized spacial score (nSPS) is 11.4. The van der Waals surface area contributed by atoms with E-state index in [-0.39, 0.29) is 12.0 Å². The highest BCUT2D eigenvalue weighted by molar-refractivity contribution is 7.18. The first-order chi connectivity index (χ1) is 17.9. The lowest BCUT2D eigenvalue weighted by atomic mass is 9.98. The zero-order valence-corrected chi connectivity index (χ0v) is 21.4. The summed E-state index contributed by atoms with van der Waals surface area (Å²) in [5, 5.41) is 21.0. The van der Waals surface area contributed by atoms with Crippen molar-refractivity contribution in [3.8, 4) is 0 Å². The van der Waals surface area contributed by atoms with E-state index in [1.807, 2.05) is 24.3 Å². The molecule has 0 aliphatic carbocycles. The molecule has 2 heterocycles. The largest absolute Gasteiger partial charge is 0.481 e. The number of carboxylic acid groups (broad SMARTS) is 2. The lowest BCUT2D eigenvalue weighted by Gasteiger charge is -2.12. The summed E-state index contributed by atoms with van der Waals surface area (Å²) >= 11 is 1.68. The highest BCUT2D eigenvalue weighted by Crippen LogP contribution is 2.31. The molecule has 0 radical (unpaired) electrons. The lowest BCUT2D eigenvalue weighted by molar-refractivity contribution is -0.137. The number of aryl methyl sites for hydroxylation is 5. The summed E-state index contributed by atoms with van der Waals surface area (Å²) in [6.45, 7) is 2.39. The fourth-order valence-electron chi connectivity index (χ4n) is 4.91. The summed E-state index contributed by atoms with van der Waals surface area (Å²) in [5.74, 6) is -1.83. The van der Waals surface area contributed by atoms with Crippen molar-refractivity contribution < 1.29 is 19.8 Å². The molecule has 0 saturated heterocycles. The molecule has 0 bridgehead atoms. The van der Waals surface area contributed by atoms with Crippen LogP contribution in [0.2, 0.25) is 0 Å². The minimum atomic E-state index is -0.972. The maximum absolute atomic E-state index is 11.8. The van der Waals surface area contributed by atoms with Gasteiger partial charge >= 0.3 is 11.9 Å². The minimum Gasteiger partial charge on any atom is -0.481 e. The summed E-state index contributed by atoms with van der Waals surface area (Å²) in [7, 11) is 0. The molecule has 0 amide bonds. The van der Waals surface area contributed by atoms with Crippen LogP contribution < -0.4 is 0 Å². The molecule has 2 aromatic heterocycles. The molecule has 188 valence electrons. The van der Waals surface area contributed by atoms with Crippen LogP contribution in [0.3, 0.4) is 0 Å². The molecule has 6 nitrogen and oxygen atoms in total. The number of aromatic carboxylic acids is 1. The Hall–Kier alpha value is -3.97. The highest BCUT2D eigenvalue weighted by atomic mass is 32.1. The fraction of sp³-hybridized carbons (Fsp3) is 0.233. The van der Waals surface area contributed by atoms with Crippen LogP contribution in [0.15, 0.2) is 66.7 Å². The first-order valence-corrected chi connectivity index (χ1v) is 13.2. The zero-order chi connectivity index (χ0) is 25.9. The predicted octanol–water partition coefficient (Wildman–Crippen LogP) is 6.30. The van der Waals surface area contributed by atoms with Gasteiger partial charge in [-0.3, -0.25) is 4.79 Å². The third-order valence-electron chi connectivity index (χ3n) is 6.78. The Bertz CT molecular complexity index is 1560. The number of fused-ring (bicyclic) bond motifs is 2. The van der Waals surface area contributed by atoms with Gasteiger partial charge in [0.2, 0.25) is 0 Å². The van der Waals surface area contributed by atoms with Crippen LogP contribution in [0, 0.1) is 6.92 Å². The molecular formula is C30H28N2O4S. The summed E-state index contributed by atoms with van der Waals surface area (Å²) in [6, 6.07) is 21.7. The number of hydrogen-bond donors (Lipinski definition) is 2. The van der Waals surface area contributed by atoms with Gasteiger partial charge in [0.1, 0.15) is 0 Å². The molecule has 0 aliphatic rings. The predicted molar refractivity (Wildman–Crippen MR) is 147 cm³/mol. The highest BCUT2D eigenvalue weighted by Gasteiger charge is 2.20. The van der Waals surface area contributed by atoms with Gasteiger partial charge in [-0.2, -0.15) is 0 Å². The first kappa shape index (κ1) is 24.7. The first-order valence-electron chi connectivity index (χ1n) is 12.4. The summed E-state index contributed by atoms with van der Waals surface area (Å²) in [4.78, 5) is 28.1. The molecular weight excluding hydrogens is 484 g/mol. The maximum atomic E-state index is 11.8. The van der Waals surface area contributed by atoms with Crippen LogP contribution in [0.5, 0.6) is 0 Å². The molecule has 0 fully saturated rings. The fourth-order valence-corrected chi connectivity index (χ4v) is 5.88. The second kappa shape index (κ2) is 10.6. The topological polar surface area (TPSA) is 92.4 Å². The van der Waals surface area contributed by atoms with Crippen LogP contribution in [0.4, 0.5) is 0 Å². The molecule has 5 aromatic rings. The average molecular weight is 513 g/mol. The van der Waals surface area contributed by atoms with E-state index in [1.54, 1.807) is 23.5 Å². The van der Waals surface area contributed by atoms with Crippen molar-refractivity contribution in [3.63, 3.8) is 0 Å². The van der Waals surface area contributed by atoms with Crippen molar-refractivity contribution in [2.24, 2.45) is 0 Å². The standard InChI is InChI=1S/C30H28N2O4S/c1-19-6-8-20(9-7-19)10-12-22-23-18-21(30(35)36)11-13-26(23)32(17-16-29(33)34)25(22)14-15-28-31-24-4-2-3-5-27(24)37-28/h2-9,11,13,18H,10,12,14-17H2,1H3,(H,33,34)(H,35,36). The van der Waals surface area contributed by atoms with Crippen LogP contribution in [-0.4, -0.2) is 31.7 Å². The number of carbonyl (C=O) groups is 2. The number of thiazole rings is 1. The van der Waals surface area contributed by atoms with Gasteiger partial charge in [-0.25, -0.2) is 9.78 Å². The molecule has 2 N–H and O–H groups in total.